The lowest BCUT2D eigenvalue weighted by molar-refractivity contribution is 0.400. The van der Waals surface area contributed by atoms with E-state index in [1.807, 2.05) is 12.1 Å². The third-order valence-electron chi connectivity index (χ3n) is 3.54. The number of furan rings is 1. The van der Waals surface area contributed by atoms with Crippen LogP contribution in [0.3, 0.4) is 0 Å². The second-order valence-corrected chi connectivity index (χ2v) is 5.30. The minimum Gasteiger partial charge on any atom is -0.456 e. The highest BCUT2D eigenvalue weighted by molar-refractivity contribution is 6.05. The molecular formula is C17H20ClNO. The maximum Gasteiger partial charge on any atom is 0.138 e. The molecule has 0 saturated carbocycles. The van der Waals surface area contributed by atoms with Crippen molar-refractivity contribution in [3.05, 3.63) is 48.0 Å². The van der Waals surface area contributed by atoms with Crippen molar-refractivity contribution in [2.45, 2.75) is 12.8 Å². The Morgan fingerprint density at radius 3 is 2.50 bits per heavy atom. The molecule has 0 amide bonds. The molecule has 0 aliphatic carbocycles. The first kappa shape index (κ1) is 14.9. The van der Waals surface area contributed by atoms with Crippen LogP contribution in [-0.2, 0) is 6.42 Å². The molecule has 0 aliphatic heterocycles. The SMILES string of the molecule is CN(C)CCCc1cccc2c1oc1ccccc12.Cl. The van der Waals surface area contributed by atoms with Gasteiger partial charge in [0, 0.05) is 10.8 Å². The van der Waals surface area contributed by atoms with Crippen molar-refractivity contribution >= 4 is 34.3 Å². The highest BCUT2D eigenvalue weighted by Gasteiger charge is 2.09. The van der Waals surface area contributed by atoms with E-state index in [9.17, 15) is 0 Å². The molecule has 0 N–H and O–H groups in total. The molecule has 0 fully saturated rings. The number of hydrogen-bond donors (Lipinski definition) is 0. The maximum absolute atomic E-state index is 6.03. The Hall–Kier alpha value is -1.51. The molecule has 2 aromatic carbocycles. The fourth-order valence-electron chi connectivity index (χ4n) is 2.59. The van der Waals surface area contributed by atoms with Crippen LogP contribution in [0.5, 0.6) is 0 Å². The van der Waals surface area contributed by atoms with Gasteiger partial charge in [-0.05, 0) is 45.1 Å². The molecule has 0 spiro atoms. The number of nitrogens with zero attached hydrogens (tertiary/aromatic N) is 1. The topological polar surface area (TPSA) is 16.4 Å². The molecular weight excluding hydrogens is 270 g/mol. The average Bonchev–Trinajstić information content (AvgIpc) is 2.78. The molecule has 1 heterocycles. The van der Waals surface area contributed by atoms with Crippen LogP contribution < -0.4 is 0 Å². The zero-order valence-corrected chi connectivity index (χ0v) is 12.7. The fourth-order valence-corrected chi connectivity index (χ4v) is 2.59. The summed E-state index contributed by atoms with van der Waals surface area (Å²) >= 11 is 0. The van der Waals surface area contributed by atoms with Gasteiger partial charge in [0.25, 0.3) is 0 Å². The van der Waals surface area contributed by atoms with Crippen molar-refractivity contribution in [3.63, 3.8) is 0 Å². The zero-order valence-electron chi connectivity index (χ0n) is 11.9. The number of rotatable bonds is 4. The quantitative estimate of drug-likeness (QED) is 0.703. The van der Waals surface area contributed by atoms with Gasteiger partial charge in [-0.25, -0.2) is 0 Å². The molecule has 2 nitrogen and oxygen atoms in total. The second-order valence-electron chi connectivity index (χ2n) is 5.30. The molecule has 0 bridgehead atoms. The van der Waals surface area contributed by atoms with Gasteiger partial charge in [0.15, 0.2) is 0 Å². The number of fused-ring (bicyclic) bond motifs is 3. The lowest BCUT2D eigenvalue weighted by Gasteiger charge is -2.08. The van der Waals surface area contributed by atoms with Crippen LogP contribution in [0.15, 0.2) is 46.9 Å². The highest BCUT2D eigenvalue weighted by Crippen LogP contribution is 2.31. The summed E-state index contributed by atoms with van der Waals surface area (Å²) in [6, 6.07) is 14.7. The van der Waals surface area contributed by atoms with E-state index in [0.29, 0.717) is 0 Å². The van der Waals surface area contributed by atoms with Crippen LogP contribution in [0.1, 0.15) is 12.0 Å². The molecule has 1 aromatic heterocycles. The molecule has 3 rings (SSSR count). The predicted molar refractivity (Wildman–Crippen MR) is 87.8 cm³/mol. The standard InChI is InChI=1S/C17H19NO.ClH/c1-18(2)12-6-8-13-7-5-10-15-14-9-3-4-11-16(14)19-17(13)15;/h3-5,7,9-11H,6,8,12H2,1-2H3;1H. The summed E-state index contributed by atoms with van der Waals surface area (Å²) < 4.78 is 6.03. The van der Waals surface area contributed by atoms with E-state index < -0.39 is 0 Å². The number of para-hydroxylation sites is 2. The van der Waals surface area contributed by atoms with Crippen LogP contribution in [0.4, 0.5) is 0 Å². The van der Waals surface area contributed by atoms with Crippen LogP contribution in [0.2, 0.25) is 0 Å². The molecule has 0 unspecified atom stereocenters. The first-order valence-corrected chi connectivity index (χ1v) is 6.79. The van der Waals surface area contributed by atoms with Crippen LogP contribution in [0, 0.1) is 0 Å². The van der Waals surface area contributed by atoms with E-state index in [4.69, 9.17) is 4.42 Å². The number of halogens is 1. The Kier molecular flexibility index (Phi) is 4.69. The summed E-state index contributed by atoms with van der Waals surface area (Å²) in [5.41, 5.74) is 3.36. The summed E-state index contributed by atoms with van der Waals surface area (Å²) in [6.45, 7) is 1.11. The monoisotopic (exact) mass is 289 g/mol. The number of hydrogen-bond acceptors (Lipinski definition) is 2. The number of benzene rings is 2. The molecule has 3 heteroatoms. The molecule has 20 heavy (non-hydrogen) atoms. The van der Waals surface area contributed by atoms with Crippen molar-refractivity contribution in [1.82, 2.24) is 4.90 Å². The van der Waals surface area contributed by atoms with Gasteiger partial charge in [-0.15, -0.1) is 12.4 Å². The minimum atomic E-state index is 0. The third-order valence-corrected chi connectivity index (χ3v) is 3.54. The Bertz CT molecular complexity index is 702. The van der Waals surface area contributed by atoms with E-state index >= 15 is 0 Å². The first-order chi connectivity index (χ1) is 9.25. The van der Waals surface area contributed by atoms with Gasteiger partial charge in [-0.2, -0.15) is 0 Å². The van der Waals surface area contributed by atoms with E-state index in [1.165, 1.54) is 16.3 Å². The number of aryl methyl sites for hydroxylation is 1. The van der Waals surface area contributed by atoms with Gasteiger partial charge in [-0.3, -0.25) is 0 Å². The second kappa shape index (κ2) is 6.29. The summed E-state index contributed by atoms with van der Waals surface area (Å²) in [6.07, 6.45) is 2.22. The van der Waals surface area contributed by atoms with Crippen LogP contribution in [-0.4, -0.2) is 25.5 Å². The predicted octanol–water partition coefficient (Wildman–Crippen LogP) is 4.50. The molecule has 0 aliphatic rings. The minimum absolute atomic E-state index is 0. The zero-order chi connectivity index (χ0) is 13.2. The molecule has 106 valence electrons. The van der Waals surface area contributed by atoms with Gasteiger partial charge in [0.2, 0.25) is 0 Å². The lowest BCUT2D eigenvalue weighted by atomic mass is 10.1. The van der Waals surface area contributed by atoms with E-state index in [-0.39, 0.29) is 12.4 Å². The Morgan fingerprint density at radius 2 is 1.70 bits per heavy atom. The maximum atomic E-state index is 6.03. The molecule has 0 atom stereocenters. The van der Waals surface area contributed by atoms with Crippen molar-refractivity contribution in [2.75, 3.05) is 20.6 Å². The van der Waals surface area contributed by atoms with Gasteiger partial charge in [0.05, 0.1) is 0 Å². The van der Waals surface area contributed by atoms with Crippen LogP contribution >= 0.6 is 12.4 Å². The van der Waals surface area contributed by atoms with Gasteiger partial charge < -0.3 is 9.32 Å². The van der Waals surface area contributed by atoms with E-state index in [1.54, 1.807) is 0 Å². The van der Waals surface area contributed by atoms with Gasteiger partial charge in [-0.1, -0.05) is 36.4 Å². The molecule has 3 aromatic rings. The van der Waals surface area contributed by atoms with Crippen molar-refractivity contribution in [2.24, 2.45) is 0 Å². The van der Waals surface area contributed by atoms with Gasteiger partial charge in [0.1, 0.15) is 11.2 Å². The van der Waals surface area contributed by atoms with E-state index in [0.717, 1.165) is 30.6 Å². The Balaban J connectivity index is 0.00000147. The molecule has 0 saturated heterocycles. The van der Waals surface area contributed by atoms with Gasteiger partial charge >= 0.3 is 0 Å². The largest absolute Gasteiger partial charge is 0.456 e. The summed E-state index contributed by atoms with van der Waals surface area (Å²) in [5, 5.41) is 2.45. The normalized spacial score (nSPS) is 11.2. The average molecular weight is 290 g/mol. The third kappa shape index (κ3) is 2.82. The van der Waals surface area contributed by atoms with Crippen LogP contribution in [0.25, 0.3) is 21.9 Å². The highest BCUT2D eigenvalue weighted by atomic mass is 35.5. The smallest absolute Gasteiger partial charge is 0.138 e. The van der Waals surface area contributed by atoms with Crippen molar-refractivity contribution in [3.8, 4) is 0 Å². The lowest BCUT2D eigenvalue weighted by Crippen LogP contribution is -2.13. The van der Waals surface area contributed by atoms with E-state index in [2.05, 4.69) is 49.3 Å². The Labute approximate surface area is 125 Å². The fraction of sp³-hybridized carbons (Fsp3) is 0.294. The summed E-state index contributed by atoms with van der Waals surface area (Å²) in [5.74, 6) is 0. The summed E-state index contributed by atoms with van der Waals surface area (Å²) in [4.78, 5) is 2.22. The first-order valence-electron chi connectivity index (χ1n) is 6.79. The van der Waals surface area contributed by atoms with Crippen molar-refractivity contribution in [1.29, 1.82) is 0 Å². The van der Waals surface area contributed by atoms with Crippen molar-refractivity contribution < 1.29 is 4.42 Å². The molecule has 0 radical (unpaired) electrons. The summed E-state index contributed by atoms with van der Waals surface area (Å²) in [7, 11) is 4.23. The Morgan fingerprint density at radius 1 is 0.950 bits per heavy atom.